The van der Waals surface area contributed by atoms with E-state index in [1.54, 1.807) is 18.6 Å². The third-order valence-electron chi connectivity index (χ3n) is 6.29. The van der Waals surface area contributed by atoms with Gasteiger partial charge in [-0.2, -0.15) is 0 Å². The Kier molecular flexibility index (Phi) is 6.68. The first-order valence-electron chi connectivity index (χ1n) is 11.8. The average Bonchev–Trinajstić information content (AvgIpc) is 3.31. The highest BCUT2D eigenvalue weighted by atomic mass is 16.3. The van der Waals surface area contributed by atoms with Gasteiger partial charge in [0.15, 0.2) is 12.1 Å². The molecule has 3 aromatic rings. The predicted octanol–water partition coefficient (Wildman–Crippen LogP) is 3.09. The van der Waals surface area contributed by atoms with Crippen molar-refractivity contribution in [2.75, 3.05) is 28.6 Å². The Morgan fingerprint density at radius 1 is 1.18 bits per heavy atom. The van der Waals surface area contributed by atoms with Crippen LogP contribution in [0.5, 0.6) is 0 Å². The summed E-state index contributed by atoms with van der Waals surface area (Å²) >= 11 is 0. The molecule has 1 fully saturated rings. The number of hydrogen-bond acceptors (Lipinski definition) is 9. The number of anilines is 3. The van der Waals surface area contributed by atoms with Crippen LogP contribution in [0.2, 0.25) is 0 Å². The molecular formula is C24H32N8O. The Morgan fingerprint density at radius 2 is 2.15 bits per heavy atom. The molecule has 0 amide bonds. The lowest BCUT2D eigenvalue weighted by molar-refractivity contribution is 0.371. The highest BCUT2D eigenvalue weighted by molar-refractivity contribution is 5.71. The van der Waals surface area contributed by atoms with Crippen LogP contribution in [0.4, 0.5) is 17.3 Å². The molecule has 9 nitrogen and oxygen atoms in total. The highest BCUT2D eigenvalue weighted by Crippen LogP contribution is 2.33. The molecule has 2 aliphatic heterocycles. The van der Waals surface area contributed by atoms with Gasteiger partial charge in [0, 0.05) is 37.2 Å². The van der Waals surface area contributed by atoms with Crippen molar-refractivity contribution in [2.45, 2.75) is 57.5 Å². The second kappa shape index (κ2) is 10.2. The lowest BCUT2D eigenvalue weighted by atomic mass is 10.0. The van der Waals surface area contributed by atoms with Crippen molar-refractivity contribution in [2.24, 2.45) is 0 Å². The summed E-state index contributed by atoms with van der Waals surface area (Å²) in [5, 5.41) is 14.5. The first-order chi connectivity index (χ1) is 16.2. The standard InChI is InChI=1S/C24H32N8O/c1-17-6-7-20(33-17)16-32-21-5-3-10-29-23(21)31-24(32)30-19-4-2-9-26-18(14-19)8-11-27-22-15-25-12-13-28-22/h3,5-7,10,12-13,15,18-19,24,26,30H,2,4,8-9,11,14,16H2,1H3,(H,27,28)(H,29,31). The Balaban J connectivity index is 1.21. The van der Waals surface area contributed by atoms with Crippen LogP contribution in [0, 0.1) is 6.92 Å². The number of aromatic nitrogens is 3. The molecule has 4 N–H and O–H groups in total. The monoisotopic (exact) mass is 448 g/mol. The van der Waals surface area contributed by atoms with Crippen LogP contribution >= 0.6 is 0 Å². The molecule has 3 atom stereocenters. The average molecular weight is 449 g/mol. The van der Waals surface area contributed by atoms with Crippen molar-refractivity contribution in [1.29, 1.82) is 0 Å². The molecule has 1 saturated heterocycles. The topological polar surface area (TPSA) is 103 Å². The molecule has 0 spiro atoms. The maximum absolute atomic E-state index is 5.87. The Bertz CT molecular complexity index is 1030. The van der Waals surface area contributed by atoms with E-state index in [0.29, 0.717) is 18.6 Å². The van der Waals surface area contributed by atoms with Gasteiger partial charge < -0.3 is 25.3 Å². The van der Waals surface area contributed by atoms with E-state index in [4.69, 9.17) is 4.42 Å². The van der Waals surface area contributed by atoms with Crippen LogP contribution in [0.25, 0.3) is 0 Å². The van der Waals surface area contributed by atoms with Crippen molar-refractivity contribution in [1.82, 2.24) is 25.6 Å². The molecule has 0 aromatic carbocycles. The number of aryl methyl sites for hydroxylation is 1. The zero-order chi connectivity index (χ0) is 22.5. The van der Waals surface area contributed by atoms with Gasteiger partial charge in [0.05, 0.1) is 18.4 Å². The molecule has 0 bridgehead atoms. The second-order valence-corrected chi connectivity index (χ2v) is 8.76. The summed E-state index contributed by atoms with van der Waals surface area (Å²) in [6.07, 6.45) is 11.4. The zero-order valence-corrected chi connectivity index (χ0v) is 19.0. The molecule has 9 heteroatoms. The van der Waals surface area contributed by atoms with Gasteiger partial charge in [-0.25, -0.2) is 9.97 Å². The first-order valence-corrected chi connectivity index (χ1v) is 11.8. The van der Waals surface area contributed by atoms with E-state index in [9.17, 15) is 0 Å². The van der Waals surface area contributed by atoms with Gasteiger partial charge in [0.1, 0.15) is 17.3 Å². The number of hydrogen-bond donors (Lipinski definition) is 4. The van der Waals surface area contributed by atoms with E-state index in [1.165, 1.54) is 0 Å². The molecule has 5 heterocycles. The van der Waals surface area contributed by atoms with Gasteiger partial charge in [-0.15, -0.1) is 0 Å². The maximum atomic E-state index is 5.87. The highest BCUT2D eigenvalue weighted by Gasteiger charge is 2.32. The van der Waals surface area contributed by atoms with E-state index in [-0.39, 0.29) is 6.29 Å². The van der Waals surface area contributed by atoms with Gasteiger partial charge in [-0.05, 0) is 63.4 Å². The largest absolute Gasteiger partial charge is 0.464 e. The predicted molar refractivity (Wildman–Crippen MR) is 129 cm³/mol. The number of pyridine rings is 1. The van der Waals surface area contributed by atoms with E-state index in [1.807, 2.05) is 25.3 Å². The van der Waals surface area contributed by atoms with Crippen LogP contribution in [0.1, 0.15) is 37.2 Å². The van der Waals surface area contributed by atoms with Crippen LogP contribution in [-0.2, 0) is 6.54 Å². The molecule has 174 valence electrons. The molecule has 33 heavy (non-hydrogen) atoms. The van der Waals surface area contributed by atoms with Gasteiger partial charge in [0.25, 0.3) is 0 Å². The molecule has 5 rings (SSSR count). The fourth-order valence-electron chi connectivity index (χ4n) is 4.69. The van der Waals surface area contributed by atoms with Gasteiger partial charge in [0.2, 0.25) is 0 Å². The molecule has 0 radical (unpaired) electrons. The SMILES string of the molecule is Cc1ccc(CN2c3cccnc3NC2NC2CCCNC(CCNc3cnccn3)C2)o1. The van der Waals surface area contributed by atoms with E-state index in [2.05, 4.69) is 53.3 Å². The minimum absolute atomic E-state index is 0.0261. The van der Waals surface area contributed by atoms with Crippen LogP contribution in [0.15, 0.2) is 53.5 Å². The second-order valence-electron chi connectivity index (χ2n) is 8.76. The smallest absolute Gasteiger partial charge is 0.157 e. The maximum Gasteiger partial charge on any atom is 0.157 e. The Hall–Kier alpha value is -3.17. The lowest BCUT2D eigenvalue weighted by Gasteiger charge is -2.31. The van der Waals surface area contributed by atoms with Gasteiger partial charge >= 0.3 is 0 Å². The summed E-state index contributed by atoms with van der Waals surface area (Å²) < 4.78 is 5.87. The molecule has 0 saturated carbocycles. The van der Waals surface area contributed by atoms with Crippen LogP contribution in [0.3, 0.4) is 0 Å². The number of nitrogens with one attached hydrogen (secondary N) is 4. The molecular weight excluding hydrogens is 416 g/mol. The Morgan fingerprint density at radius 3 is 3.00 bits per heavy atom. The number of nitrogens with zero attached hydrogens (tertiary/aromatic N) is 4. The Labute approximate surface area is 194 Å². The number of furan rings is 1. The third kappa shape index (κ3) is 5.43. The first kappa shape index (κ1) is 21.7. The van der Waals surface area contributed by atoms with E-state index >= 15 is 0 Å². The minimum atomic E-state index is -0.0261. The molecule has 3 aromatic heterocycles. The minimum Gasteiger partial charge on any atom is -0.464 e. The molecule has 3 unspecified atom stereocenters. The summed E-state index contributed by atoms with van der Waals surface area (Å²) in [5.41, 5.74) is 1.10. The fourth-order valence-corrected chi connectivity index (χ4v) is 4.69. The number of rotatable bonds is 8. The zero-order valence-electron chi connectivity index (χ0n) is 19.0. The third-order valence-corrected chi connectivity index (χ3v) is 6.29. The normalized spacial score (nSPS) is 22.5. The van der Waals surface area contributed by atoms with E-state index < -0.39 is 0 Å². The lowest BCUT2D eigenvalue weighted by Crippen LogP contribution is -2.52. The van der Waals surface area contributed by atoms with Crippen molar-refractivity contribution in [3.05, 3.63) is 60.6 Å². The summed E-state index contributed by atoms with van der Waals surface area (Å²) in [4.78, 5) is 15.3. The molecule has 0 aliphatic carbocycles. The van der Waals surface area contributed by atoms with Gasteiger partial charge in [-0.3, -0.25) is 10.3 Å². The van der Waals surface area contributed by atoms with Crippen molar-refractivity contribution < 1.29 is 4.42 Å². The number of fused-ring (bicyclic) bond motifs is 1. The van der Waals surface area contributed by atoms with Crippen molar-refractivity contribution in [3.8, 4) is 0 Å². The summed E-state index contributed by atoms with van der Waals surface area (Å²) in [7, 11) is 0. The quantitative estimate of drug-likeness (QED) is 0.414. The molecule has 2 aliphatic rings. The van der Waals surface area contributed by atoms with Crippen LogP contribution < -0.4 is 26.2 Å². The fraction of sp³-hybridized carbons (Fsp3) is 0.458. The summed E-state index contributed by atoms with van der Waals surface area (Å²) in [6.45, 7) is 4.58. The summed E-state index contributed by atoms with van der Waals surface area (Å²) in [5.74, 6) is 3.62. The van der Waals surface area contributed by atoms with Crippen molar-refractivity contribution in [3.63, 3.8) is 0 Å². The summed E-state index contributed by atoms with van der Waals surface area (Å²) in [6, 6.07) is 9.01. The van der Waals surface area contributed by atoms with E-state index in [0.717, 1.165) is 67.6 Å². The van der Waals surface area contributed by atoms with Gasteiger partial charge in [-0.1, -0.05) is 0 Å². The van der Waals surface area contributed by atoms with Crippen molar-refractivity contribution >= 4 is 17.3 Å². The van der Waals surface area contributed by atoms with Crippen LogP contribution in [-0.4, -0.2) is 46.4 Å².